The molecule has 1 N–H and O–H groups in total. The predicted octanol–water partition coefficient (Wildman–Crippen LogP) is 1.39. The minimum Gasteiger partial charge on any atom is -0.349 e. The van der Waals surface area contributed by atoms with E-state index in [2.05, 4.69) is 26.2 Å². The molecule has 6 nitrogen and oxygen atoms in total. The minimum absolute atomic E-state index is 0.000197. The molecular formula is C13H18BrN3O3S. The van der Waals surface area contributed by atoms with Crippen molar-refractivity contribution in [1.29, 1.82) is 0 Å². The fraction of sp³-hybridized carbons (Fsp3) is 0.538. The molecule has 1 aromatic rings. The Morgan fingerprint density at radius 2 is 2.10 bits per heavy atom. The van der Waals surface area contributed by atoms with Gasteiger partial charge in [0.1, 0.15) is 0 Å². The summed E-state index contributed by atoms with van der Waals surface area (Å²) in [6.45, 7) is 2.55. The largest absolute Gasteiger partial charge is 0.349 e. The highest BCUT2D eigenvalue weighted by atomic mass is 79.9. The molecule has 1 fully saturated rings. The summed E-state index contributed by atoms with van der Waals surface area (Å²) in [5, 5.41) is 2.93. The summed E-state index contributed by atoms with van der Waals surface area (Å²) < 4.78 is 25.8. The summed E-state index contributed by atoms with van der Waals surface area (Å²) in [5.41, 5.74) is 0.494. The molecule has 21 heavy (non-hydrogen) atoms. The zero-order chi connectivity index (χ0) is 15.5. The fourth-order valence-corrected chi connectivity index (χ4v) is 3.76. The monoisotopic (exact) mass is 375 g/mol. The van der Waals surface area contributed by atoms with Gasteiger partial charge < -0.3 is 5.32 Å². The molecule has 2 rings (SSSR count). The van der Waals surface area contributed by atoms with Gasteiger partial charge in [0.15, 0.2) is 0 Å². The average molecular weight is 376 g/mol. The van der Waals surface area contributed by atoms with Crippen molar-refractivity contribution in [3.05, 3.63) is 28.5 Å². The quantitative estimate of drug-likeness (QED) is 0.861. The van der Waals surface area contributed by atoms with E-state index >= 15 is 0 Å². The molecule has 0 aromatic carbocycles. The van der Waals surface area contributed by atoms with Gasteiger partial charge in [0.25, 0.3) is 5.91 Å². The van der Waals surface area contributed by atoms with Gasteiger partial charge in [-0.25, -0.2) is 12.7 Å². The van der Waals surface area contributed by atoms with Gasteiger partial charge in [-0.15, -0.1) is 0 Å². The number of amides is 1. The van der Waals surface area contributed by atoms with Crippen LogP contribution in [0.1, 0.15) is 30.1 Å². The van der Waals surface area contributed by atoms with Crippen LogP contribution in [0, 0.1) is 0 Å². The number of rotatable bonds is 4. The Labute approximate surface area is 133 Å². The summed E-state index contributed by atoms with van der Waals surface area (Å²) in [7, 11) is -3.13. The Morgan fingerprint density at radius 3 is 2.67 bits per heavy atom. The number of sulfonamides is 1. The molecule has 0 spiro atoms. The number of carbonyl (C=O) groups excluding carboxylic acids is 1. The second-order valence-electron chi connectivity index (χ2n) is 4.94. The second-order valence-corrected chi connectivity index (χ2v) is 8.11. The van der Waals surface area contributed by atoms with E-state index < -0.39 is 10.0 Å². The molecule has 1 aliphatic rings. The zero-order valence-electron chi connectivity index (χ0n) is 11.8. The number of hydrogen-bond acceptors (Lipinski definition) is 4. The molecule has 0 atom stereocenters. The number of nitrogens with zero attached hydrogens (tertiary/aromatic N) is 2. The van der Waals surface area contributed by atoms with Crippen molar-refractivity contribution in [3.63, 3.8) is 0 Å². The van der Waals surface area contributed by atoms with E-state index in [9.17, 15) is 13.2 Å². The van der Waals surface area contributed by atoms with Gasteiger partial charge in [-0.05, 0) is 41.8 Å². The highest BCUT2D eigenvalue weighted by molar-refractivity contribution is 9.10. The predicted molar refractivity (Wildman–Crippen MR) is 83.5 cm³/mol. The first-order valence-corrected chi connectivity index (χ1v) is 9.22. The first-order valence-electron chi connectivity index (χ1n) is 6.81. The van der Waals surface area contributed by atoms with Crippen molar-refractivity contribution in [2.24, 2.45) is 0 Å². The second kappa shape index (κ2) is 6.85. The highest BCUT2D eigenvalue weighted by Crippen LogP contribution is 2.15. The summed E-state index contributed by atoms with van der Waals surface area (Å²) in [6.07, 6.45) is 4.39. The van der Waals surface area contributed by atoms with Gasteiger partial charge in [0.05, 0.1) is 11.3 Å². The Bertz CT molecular complexity index is 613. The van der Waals surface area contributed by atoms with Crippen LogP contribution in [0.25, 0.3) is 0 Å². The Hall–Kier alpha value is -0.990. The van der Waals surface area contributed by atoms with Crippen LogP contribution in [0.3, 0.4) is 0 Å². The van der Waals surface area contributed by atoms with Crippen LogP contribution < -0.4 is 5.32 Å². The fourth-order valence-electron chi connectivity index (χ4n) is 2.27. The molecule has 116 valence electrons. The maximum absolute atomic E-state index is 12.1. The summed E-state index contributed by atoms with van der Waals surface area (Å²) in [6, 6.07) is 1.71. The summed E-state index contributed by atoms with van der Waals surface area (Å²) >= 11 is 3.28. The van der Waals surface area contributed by atoms with Crippen LogP contribution in [-0.4, -0.2) is 48.5 Å². The molecule has 1 aliphatic heterocycles. The Morgan fingerprint density at radius 1 is 1.43 bits per heavy atom. The first-order chi connectivity index (χ1) is 9.92. The van der Waals surface area contributed by atoms with Crippen LogP contribution in [0.5, 0.6) is 0 Å². The van der Waals surface area contributed by atoms with Gasteiger partial charge in [0.2, 0.25) is 10.0 Å². The third-order valence-electron chi connectivity index (χ3n) is 3.51. The lowest BCUT2D eigenvalue weighted by Crippen LogP contribution is -2.46. The van der Waals surface area contributed by atoms with E-state index in [1.54, 1.807) is 19.2 Å². The third-order valence-corrected chi connectivity index (χ3v) is 5.83. The van der Waals surface area contributed by atoms with Crippen molar-refractivity contribution < 1.29 is 13.2 Å². The van der Waals surface area contributed by atoms with E-state index in [4.69, 9.17) is 0 Å². The number of aromatic nitrogens is 1. The molecule has 0 radical (unpaired) electrons. The smallest absolute Gasteiger partial charge is 0.253 e. The van der Waals surface area contributed by atoms with Crippen LogP contribution in [0.4, 0.5) is 0 Å². The Kier molecular flexibility index (Phi) is 5.34. The zero-order valence-corrected chi connectivity index (χ0v) is 14.2. The van der Waals surface area contributed by atoms with E-state index in [1.165, 1.54) is 10.5 Å². The maximum atomic E-state index is 12.1. The molecular weight excluding hydrogens is 358 g/mol. The van der Waals surface area contributed by atoms with Gasteiger partial charge in [-0.2, -0.15) is 0 Å². The van der Waals surface area contributed by atoms with E-state index in [-0.39, 0.29) is 17.7 Å². The molecule has 0 saturated carbocycles. The van der Waals surface area contributed by atoms with Crippen LogP contribution >= 0.6 is 15.9 Å². The first kappa shape index (κ1) is 16.4. The SMILES string of the molecule is CCS(=O)(=O)N1CCC(NC(=O)c2cncc(Br)c2)CC1. The van der Waals surface area contributed by atoms with Crippen LogP contribution in [0.15, 0.2) is 22.9 Å². The average Bonchev–Trinajstić information content (AvgIpc) is 2.48. The van der Waals surface area contributed by atoms with Gasteiger partial charge in [0, 0.05) is 36.0 Å². The molecule has 0 bridgehead atoms. The number of hydrogen-bond donors (Lipinski definition) is 1. The van der Waals surface area contributed by atoms with Gasteiger partial charge >= 0.3 is 0 Å². The van der Waals surface area contributed by atoms with Gasteiger partial charge in [-0.3, -0.25) is 9.78 Å². The summed E-state index contributed by atoms with van der Waals surface area (Å²) in [4.78, 5) is 16.1. The molecule has 0 aliphatic carbocycles. The number of carbonyl (C=O) groups is 1. The maximum Gasteiger partial charge on any atom is 0.253 e. The lowest BCUT2D eigenvalue weighted by Gasteiger charge is -2.31. The van der Waals surface area contributed by atoms with Crippen LogP contribution in [-0.2, 0) is 10.0 Å². The normalized spacial score (nSPS) is 17.6. The highest BCUT2D eigenvalue weighted by Gasteiger charge is 2.27. The number of halogens is 1. The summed E-state index contributed by atoms with van der Waals surface area (Å²) in [5.74, 6) is -0.0612. The van der Waals surface area contributed by atoms with Crippen molar-refractivity contribution >= 4 is 31.9 Å². The van der Waals surface area contributed by atoms with Crippen molar-refractivity contribution in [2.75, 3.05) is 18.8 Å². The molecule has 8 heteroatoms. The van der Waals surface area contributed by atoms with Crippen LogP contribution in [0.2, 0.25) is 0 Å². The lowest BCUT2D eigenvalue weighted by atomic mass is 10.1. The van der Waals surface area contributed by atoms with Crippen molar-refractivity contribution in [3.8, 4) is 0 Å². The van der Waals surface area contributed by atoms with Crippen molar-refractivity contribution in [2.45, 2.75) is 25.8 Å². The molecule has 1 amide bonds. The third kappa shape index (κ3) is 4.24. The molecule has 1 saturated heterocycles. The van der Waals surface area contributed by atoms with E-state index in [0.717, 1.165) is 4.47 Å². The minimum atomic E-state index is -3.13. The van der Waals surface area contributed by atoms with E-state index in [0.29, 0.717) is 31.5 Å². The lowest BCUT2D eigenvalue weighted by molar-refractivity contribution is 0.0923. The van der Waals surface area contributed by atoms with E-state index in [1.807, 2.05) is 0 Å². The Balaban J connectivity index is 1.91. The van der Waals surface area contributed by atoms with Crippen molar-refractivity contribution in [1.82, 2.24) is 14.6 Å². The standard InChI is InChI=1S/C13H18BrN3O3S/c1-2-21(19,20)17-5-3-12(4-6-17)16-13(18)10-7-11(14)9-15-8-10/h7-9,12H,2-6H2,1H3,(H,16,18). The van der Waals surface area contributed by atoms with Gasteiger partial charge in [-0.1, -0.05) is 0 Å². The topological polar surface area (TPSA) is 79.4 Å². The number of pyridine rings is 1. The molecule has 0 unspecified atom stereocenters. The number of piperidine rings is 1. The molecule has 2 heterocycles. The molecule has 1 aromatic heterocycles. The number of nitrogens with one attached hydrogen (secondary N) is 1.